The minimum atomic E-state index is -0.397. The number of halogens is 1. The fraction of sp³-hybridized carbons (Fsp3) is 0.846. The standard InChI is InChI=1S/C13H25N3O2.ClH/c1-10-9-14-7-8-16(10)11(17)5-6-15-12(18)13(2,3)4;/h10,14H,5-9H2,1-4H3,(H,15,18);1H. The SMILES string of the molecule is CC1CNCCN1C(=O)CCNC(=O)C(C)(C)C.Cl. The van der Waals surface area contributed by atoms with Gasteiger partial charge < -0.3 is 15.5 Å². The van der Waals surface area contributed by atoms with Crippen molar-refractivity contribution in [2.24, 2.45) is 5.41 Å². The van der Waals surface area contributed by atoms with Gasteiger partial charge in [0.1, 0.15) is 0 Å². The Kier molecular flexibility index (Phi) is 7.37. The van der Waals surface area contributed by atoms with Gasteiger partial charge in [0.15, 0.2) is 0 Å². The van der Waals surface area contributed by atoms with Gasteiger partial charge in [-0.1, -0.05) is 20.8 Å². The summed E-state index contributed by atoms with van der Waals surface area (Å²) in [6.45, 7) is 10.5. The third kappa shape index (κ3) is 5.78. The van der Waals surface area contributed by atoms with Crippen LogP contribution in [0.1, 0.15) is 34.1 Å². The van der Waals surface area contributed by atoms with E-state index in [9.17, 15) is 9.59 Å². The van der Waals surface area contributed by atoms with E-state index in [-0.39, 0.29) is 30.3 Å². The molecule has 0 aromatic rings. The zero-order valence-corrected chi connectivity index (χ0v) is 13.1. The van der Waals surface area contributed by atoms with E-state index < -0.39 is 5.41 Å². The van der Waals surface area contributed by atoms with Crippen molar-refractivity contribution in [3.63, 3.8) is 0 Å². The molecule has 0 spiro atoms. The Morgan fingerprint density at radius 3 is 2.53 bits per heavy atom. The van der Waals surface area contributed by atoms with Crippen LogP contribution in [0.4, 0.5) is 0 Å². The van der Waals surface area contributed by atoms with Crippen molar-refractivity contribution >= 4 is 24.2 Å². The Hall–Kier alpha value is -0.810. The molecule has 5 nitrogen and oxygen atoms in total. The fourth-order valence-corrected chi connectivity index (χ4v) is 1.90. The van der Waals surface area contributed by atoms with Crippen molar-refractivity contribution in [2.45, 2.75) is 40.2 Å². The highest BCUT2D eigenvalue weighted by Gasteiger charge is 2.24. The van der Waals surface area contributed by atoms with E-state index in [4.69, 9.17) is 0 Å². The third-order valence-electron chi connectivity index (χ3n) is 3.13. The van der Waals surface area contributed by atoms with Gasteiger partial charge in [0.05, 0.1) is 0 Å². The molecule has 19 heavy (non-hydrogen) atoms. The highest BCUT2D eigenvalue weighted by atomic mass is 35.5. The summed E-state index contributed by atoms with van der Waals surface area (Å²) in [7, 11) is 0. The quantitative estimate of drug-likeness (QED) is 0.808. The van der Waals surface area contributed by atoms with Crippen LogP contribution < -0.4 is 10.6 Å². The van der Waals surface area contributed by atoms with Crippen molar-refractivity contribution in [1.82, 2.24) is 15.5 Å². The predicted octanol–water partition coefficient (Wildman–Crippen LogP) is 0.781. The minimum absolute atomic E-state index is 0. The molecular weight excluding hydrogens is 266 g/mol. The smallest absolute Gasteiger partial charge is 0.225 e. The van der Waals surface area contributed by atoms with Crippen LogP contribution in [0.5, 0.6) is 0 Å². The van der Waals surface area contributed by atoms with Crippen LogP contribution >= 0.6 is 12.4 Å². The fourth-order valence-electron chi connectivity index (χ4n) is 1.90. The van der Waals surface area contributed by atoms with Gasteiger partial charge in [-0.15, -0.1) is 12.4 Å². The Bertz CT molecular complexity index is 316. The van der Waals surface area contributed by atoms with Gasteiger partial charge in [-0.25, -0.2) is 0 Å². The van der Waals surface area contributed by atoms with Gasteiger partial charge in [0.2, 0.25) is 11.8 Å². The number of amides is 2. The van der Waals surface area contributed by atoms with Crippen molar-refractivity contribution in [3.05, 3.63) is 0 Å². The molecule has 2 amide bonds. The van der Waals surface area contributed by atoms with E-state index >= 15 is 0 Å². The molecule has 1 aliphatic heterocycles. The van der Waals surface area contributed by atoms with Gasteiger partial charge in [0, 0.05) is 44.1 Å². The Labute approximate surface area is 121 Å². The summed E-state index contributed by atoms with van der Waals surface area (Å²) >= 11 is 0. The summed E-state index contributed by atoms with van der Waals surface area (Å²) in [5, 5.41) is 6.06. The first-order chi connectivity index (χ1) is 8.32. The highest BCUT2D eigenvalue weighted by Crippen LogP contribution is 2.12. The van der Waals surface area contributed by atoms with Crippen molar-refractivity contribution in [3.8, 4) is 0 Å². The van der Waals surface area contributed by atoms with E-state index in [1.54, 1.807) is 0 Å². The molecule has 0 aromatic carbocycles. The molecule has 0 radical (unpaired) electrons. The maximum absolute atomic E-state index is 12.0. The molecule has 2 N–H and O–H groups in total. The van der Waals surface area contributed by atoms with Gasteiger partial charge in [0.25, 0.3) is 0 Å². The lowest BCUT2D eigenvalue weighted by Gasteiger charge is -2.34. The summed E-state index contributed by atoms with van der Waals surface area (Å²) in [6.07, 6.45) is 0.381. The summed E-state index contributed by atoms with van der Waals surface area (Å²) in [6, 6.07) is 0.240. The number of piperazine rings is 1. The molecule has 1 fully saturated rings. The van der Waals surface area contributed by atoms with Crippen molar-refractivity contribution in [1.29, 1.82) is 0 Å². The molecule has 1 heterocycles. The monoisotopic (exact) mass is 291 g/mol. The van der Waals surface area contributed by atoms with Crippen LogP contribution in [0.3, 0.4) is 0 Å². The third-order valence-corrected chi connectivity index (χ3v) is 3.13. The lowest BCUT2D eigenvalue weighted by molar-refractivity contribution is -0.134. The molecule has 6 heteroatoms. The molecule has 1 unspecified atom stereocenters. The normalized spacial score (nSPS) is 19.6. The second-order valence-corrected chi connectivity index (χ2v) is 5.90. The number of carbonyl (C=O) groups is 2. The average molecular weight is 292 g/mol. The highest BCUT2D eigenvalue weighted by molar-refractivity contribution is 5.85. The first-order valence-corrected chi connectivity index (χ1v) is 6.61. The maximum Gasteiger partial charge on any atom is 0.225 e. The molecule has 1 atom stereocenters. The molecule has 0 aliphatic carbocycles. The summed E-state index contributed by atoms with van der Waals surface area (Å²) < 4.78 is 0. The van der Waals surface area contributed by atoms with Crippen LogP contribution in [-0.4, -0.2) is 48.9 Å². The van der Waals surface area contributed by atoms with Crippen LogP contribution in [0.15, 0.2) is 0 Å². The number of hydrogen-bond acceptors (Lipinski definition) is 3. The second-order valence-electron chi connectivity index (χ2n) is 5.90. The summed E-state index contributed by atoms with van der Waals surface area (Å²) in [5.41, 5.74) is -0.397. The van der Waals surface area contributed by atoms with Crippen molar-refractivity contribution < 1.29 is 9.59 Å². The van der Waals surface area contributed by atoms with Gasteiger partial charge in [-0.3, -0.25) is 9.59 Å². The molecule has 1 rings (SSSR count). The van der Waals surface area contributed by atoms with E-state index in [2.05, 4.69) is 10.6 Å². The van der Waals surface area contributed by atoms with Crippen LogP contribution in [-0.2, 0) is 9.59 Å². The van der Waals surface area contributed by atoms with Crippen LogP contribution in [0, 0.1) is 5.41 Å². The molecule has 1 aliphatic rings. The van der Waals surface area contributed by atoms with Crippen LogP contribution in [0.25, 0.3) is 0 Å². The van der Waals surface area contributed by atoms with Gasteiger partial charge >= 0.3 is 0 Å². The van der Waals surface area contributed by atoms with E-state index in [1.165, 1.54) is 0 Å². The number of carbonyl (C=O) groups excluding carboxylic acids is 2. The second kappa shape index (κ2) is 7.70. The molecule has 0 saturated carbocycles. The first-order valence-electron chi connectivity index (χ1n) is 6.61. The first kappa shape index (κ1) is 18.2. The average Bonchev–Trinajstić information content (AvgIpc) is 2.28. The molecular formula is C13H26ClN3O2. The van der Waals surface area contributed by atoms with E-state index in [1.807, 2.05) is 32.6 Å². The molecule has 112 valence electrons. The summed E-state index contributed by atoms with van der Waals surface area (Å²) in [5.74, 6) is 0.113. The zero-order valence-electron chi connectivity index (χ0n) is 12.3. The Balaban J connectivity index is 0.00000324. The number of rotatable bonds is 3. The number of hydrogen-bond donors (Lipinski definition) is 2. The molecule has 0 aromatic heterocycles. The largest absolute Gasteiger partial charge is 0.355 e. The maximum atomic E-state index is 12.0. The predicted molar refractivity (Wildman–Crippen MR) is 78.4 cm³/mol. The van der Waals surface area contributed by atoms with Gasteiger partial charge in [-0.05, 0) is 6.92 Å². The van der Waals surface area contributed by atoms with Gasteiger partial charge in [-0.2, -0.15) is 0 Å². The Morgan fingerprint density at radius 2 is 2.00 bits per heavy atom. The number of nitrogens with one attached hydrogen (secondary N) is 2. The topological polar surface area (TPSA) is 61.4 Å². The summed E-state index contributed by atoms with van der Waals surface area (Å²) in [4.78, 5) is 25.5. The molecule has 0 bridgehead atoms. The zero-order chi connectivity index (χ0) is 13.8. The molecule has 1 saturated heterocycles. The van der Waals surface area contributed by atoms with E-state index in [0.29, 0.717) is 13.0 Å². The van der Waals surface area contributed by atoms with Crippen molar-refractivity contribution in [2.75, 3.05) is 26.2 Å². The minimum Gasteiger partial charge on any atom is -0.355 e. The Morgan fingerprint density at radius 1 is 1.37 bits per heavy atom. The lowest BCUT2D eigenvalue weighted by atomic mass is 9.96. The van der Waals surface area contributed by atoms with E-state index in [0.717, 1.165) is 19.6 Å². The van der Waals surface area contributed by atoms with Crippen LogP contribution in [0.2, 0.25) is 0 Å². The number of nitrogens with zero attached hydrogens (tertiary/aromatic N) is 1. The lowest BCUT2D eigenvalue weighted by Crippen LogP contribution is -2.52.